The highest BCUT2D eigenvalue weighted by Gasteiger charge is 2.21. The summed E-state index contributed by atoms with van der Waals surface area (Å²) in [6.07, 6.45) is 2.97. The minimum Gasteiger partial charge on any atom is -0.472 e. The molecule has 0 aliphatic heterocycles. The largest absolute Gasteiger partial charge is 0.472 e. The highest BCUT2D eigenvalue weighted by atomic mass is 16.5. The third kappa shape index (κ3) is 2.21. The van der Waals surface area contributed by atoms with Crippen LogP contribution in [-0.2, 0) is 16.1 Å². The number of oxazole rings is 1. The Morgan fingerprint density at radius 1 is 1.47 bits per heavy atom. The van der Waals surface area contributed by atoms with Crippen molar-refractivity contribution in [3.05, 3.63) is 30.0 Å². The van der Waals surface area contributed by atoms with Gasteiger partial charge in [-0.15, -0.1) is 0 Å². The fraction of sp³-hybridized carbons (Fsp3) is 0.273. The van der Waals surface area contributed by atoms with Gasteiger partial charge in [0.25, 0.3) is 0 Å². The topological polar surface area (TPSA) is 74.7 Å². The molecule has 6 heteroatoms. The van der Waals surface area contributed by atoms with E-state index >= 15 is 0 Å². The summed E-state index contributed by atoms with van der Waals surface area (Å²) in [4.78, 5) is 15.6. The second-order valence-electron chi connectivity index (χ2n) is 3.23. The Bertz CT molecular complexity index is 500. The van der Waals surface area contributed by atoms with Gasteiger partial charge in [0.2, 0.25) is 11.7 Å². The van der Waals surface area contributed by atoms with Crippen molar-refractivity contribution in [3.63, 3.8) is 0 Å². The van der Waals surface area contributed by atoms with Crippen molar-refractivity contribution in [2.45, 2.75) is 6.61 Å². The van der Waals surface area contributed by atoms with Crippen LogP contribution in [0.1, 0.15) is 16.2 Å². The Balaban J connectivity index is 2.40. The molecule has 0 saturated heterocycles. The van der Waals surface area contributed by atoms with Crippen LogP contribution in [0.25, 0.3) is 11.5 Å². The maximum absolute atomic E-state index is 11.5. The van der Waals surface area contributed by atoms with Crippen LogP contribution in [0.5, 0.6) is 0 Å². The van der Waals surface area contributed by atoms with Gasteiger partial charge in [-0.25, -0.2) is 9.78 Å². The number of carbonyl (C=O) groups excluding carboxylic acids is 1. The van der Waals surface area contributed by atoms with Crippen LogP contribution in [0.3, 0.4) is 0 Å². The summed E-state index contributed by atoms with van der Waals surface area (Å²) >= 11 is 0. The molecule has 0 spiro atoms. The van der Waals surface area contributed by atoms with Crippen molar-refractivity contribution >= 4 is 5.97 Å². The Morgan fingerprint density at radius 2 is 2.29 bits per heavy atom. The first-order valence-electron chi connectivity index (χ1n) is 4.85. The number of methoxy groups -OCH3 is 2. The molecule has 2 heterocycles. The number of hydrogen-bond donors (Lipinski definition) is 0. The van der Waals surface area contributed by atoms with Gasteiger partial charge in [-0.1, -0.05) is 0 Å². The summed E-state index contributed by atoms with van der Waals surface area (Å²) in [7, 11) is 2.78. The van der Waals surface area contributed by atoms with Gasteiger partial charge in [0.1, 0.15) is 12.0 Å². The first kappa shape index (κ1) is 11.4. The van der Waals surface area contributed by atoms with Crippen molar-refractivity contribution in [2.75, 3.05) is 14.2 Å². The van der Waals surface area contributed by atoms with Crippen molar-refractivity contribution in [3.8, 4) is 11.5 Å². The predicted octanol–water partition coefficient (Wildman–Crippen LogP) is 1.87. The number of hydrogen-bond acceptors (Lipinski definition) is 6. The van der Waals surface area contributed by atoms with Crippen molar-refractivity contribution < 1.29 is 23.1 Å². The lowest BCUT2D eigenvalue weighted by molar-refractivity contribution is 0.0559. The average molecular weight is 237 g/mol. The predicted molar refractivity (Wildman–Crippen MR) is 56.3 cm³/mol. The van der Waals surface area contributed by atoms with E-state index in [1.807, 2.05) is 0 Å². The Labute approximate surface area is 97.1 Å². The summed E-state index contributed by atoms with van der Waals surface area (Å²) in [5, 5.41) is 0. The molecule has 0 fully saturated rings. The lowest BCUT2D eigenvalue weighted by Gasteiger charge is -1.96. The van der Waals surface area contributed by atoms with Gasteiger partial charge in [-0.05, 0) is 6.07 Å². The molecule has 0 aliphatic carbocycles. The number of furan rings is 1. The van der Waals surface area contributed by atoms with Gasteiger partial charge >= 0.3 is 5.97 Å². The highest BCUT2D eigenvalue weighted by Crippen LogP contribution is 2.23. The number of esters is 1. The molecule has 2 aromatic rings. The minimum absolute atomic E-state index is 0.0468. The minimum atomic E-state index is -0.584. The van der Waals surface area contributed by atoms with Gasteiger partial charge in [0, 0.05) is 7.11 Å². The van der Waals surface area contributed by atoms with E-state index in [0.717, 1.165) is 0 Å². The van der Waals surface area contributed by atoms with Crippen LogP contribution >= 0.6 is 0 Å². The molecule has 0 unspecified atom stereocenters. The molecule has 0 bridgehead atoms. The summed E-state index contributed by atoms with van der Waals surface area (Å²) in [5.74, 6) is -0.240. The van der Waals surface area contributed by atoms with Gasteiger partial charge < -0.3 is 18.3 Å². The van der Waals surface area contributed by atoms with E-state index in [1.165, 1.54) is 26.7 Å². The van der Waals surface area contributed by atoms with E-state index in [0.29, 0.717) is 17.1 Å². The molecule has 0 aliphatic rings. The lowest BCUT2D eigenvalue weighted by atomic mass is 10.3. The molecule has 90 valence electrons. The average Bonchev–Trinajstić information content (AvgIpc) is 2.96. The standard InChI is InChI=1S/C11H11NO5/c1-14-6-8-9(11(13)15-2)17-10(12-8)7-3-4-16-5-7/h3-5H,6H2,1-2H3. The molecular formula is C11H11NO5. The number of carbonyl (C=O) groups is 1. The molecule has 17 heavy (non-hydrogen) atoms. The van der Waals surface area contributed by atoms with E-state index in [2.05, 4.69) is 9.72 Å². The van der Waals surface area contributed by atoms with E-state index < -0.39 is 5.97 Å². The molecule has 0 N–H and O–H groups in total. The van der Waals surface area contributed by atoms with Crippen LogP contribution < -0.4 is 0 Å². The fourth-order valence-corrected chi connectivity index (χ4v) is 1.35. The van der Waals surface area contributed by atoms with Crippen molar-refractivity contribution in [1.82, 2.24) is 4.98 Å². The Hall–Kier alpha value is -2.08. The first-order valence-corrected chi connectivity index (χ1v) is 4.85. The van der Waals surface area contributed by atoms with E-state index in [1.54, 1.807) is 6.07 Å². The Morgan fingerprint density at radius 3 is 2.88 bits per heavy atom. The molecule has 2 rings (SSSR count). The molecule has 0 amide bonds. The monoisotopic (exact) mass is 237 g/mol. The smallest absolute Gasteiger partial charge is 0.376 e. The van der Waals surface area contributed by atoms with Gasteiger partial charge in [-0.3, -0.25) is 0 Å². The van der Waals surface area contributed by atoms with Crippen LogP contribution in [0, 0.1) is 0 Å². The summed E-state index contributed by atoms with van der Waals surface area (Å²) in [5.41, 5.74) is 1.05. The van der Waals surface area contributed by atoms with Gasteiger partial charge in [0.05, 0.1) is 25.5 Å². The molecule has 0 atom stereocenters. The lowest BCUT2D eigenvalue weighted by Crippen LogP contribution is -2.04. The molecule has 0 radical (unpaired) electrons. The zero-order valence-electron chi connectivity index (χ0n) is 9.43. The maximum atomic E-state index is 11.5. The number of ether oxygens (including phenoxy) is 2. The van der Waals surface area contributed by atoms with Crippen LogP contribution in [0.4, 0.5) is 0 Å². The third-order valence-corrected chi connectivity index (χ3v) is 2.12. The normalized spacial score (nSPS) is 10.5. The van der Waals surface area contributed by atoms with E-state index in [4.69, 9.17) is 13.6 Å². The van der Waals surface area contributed by atoms with Gasteiger partial charge in [-0.2, -0.15) is 0 Å². The fourth-order valence-electron chi connectivity index (χ4n) is 1.35. The third-order valence-electron chi connectivity index (χ3n) is 2.12. The zero-order valence-corrected chi connectivity index (χ0v) is 9.43. The van der Waals surface area contributed by atoms with Crippen LogP contribution in [0.15, 0.2) is 27.4 Å². The summed E-state index contributed by atoms with van der Waals surface area (Å²) in [6, 6.07) is 1.68. The first-order chi connectivity index (χ1) is 8.26. The summed E-state index contributed by atoms with van der Waals surface area (Å²) in [6.45, 7) is 0.172. The number of rotatable bonds is 4. The maximum Gasteiger partial charge on any atom is 0.376 e. The number of aromatic nitrogens is 1. The molecule has 6 nitrogen and oxygen atoms in total. The second kappa shape index (κ2) is 4.84. The second-order valence-corrected chi connectivity index (χ2v) is 3.23. The number of nitrogens with zero attached hydrogens (tertiary/aromatic N) is 1. The zero-order chi connectivity index (χ0) is 12.3. The van der Waals surface area contributed by atoms with Gasteiger partial charge in [0.15, 0.2) is 0 Å². The van der Waals surface area contributed by atoms with E-state index in [9.17, 15) is 4.79 Å². The highest BCUT2D eigenvalue weighted by molar-refractivity contribution is 5.87. The quantitative estimate of drug-likeness (QED) is 0.755. The SMILES string of the molecule is COCc1nc(-c2ccoc2)oc1C(=O)OC. The van der Waals surface area contributed by atoms with Crippen molar-refractivity contribution in [1.29, 1.82) is 0 Å². The summed E-state index contributed by atoms with van der Waals surface area (Å²) < 4.78 is 19.8. The molecule has 2 aromatic heterocycles. The van der Waals surface area contributed by atoms with Crippen LogP contribution in [0.2, 0.25) is 0 Å². The molecule has 0 aromatic carbocycles. The molecular weight excluding hydrogens is 226 g/mol. The van der Waals surface area contributed by atoms with Crippen molar-refractivity contribution in [2.24, 2.45) is 0 Å². The molecule has 0 saturated carbocycles. The Kier molecular flexibility index (Phi) is 3.24. The van der Waals surface area contributed by atoms with Crippen LogP contribution in [-0.4, -0.2) is 25.2 Å². The van der Waals surface area contributed by atoms with E-state index in [-0.39, 0.29) is 12.4 Å².